The molecule has 0 spiro atoms. The molecule has 6 nitrogen and oxygen atoms in total. The van der Waals surface area contributed by atoms with Crippen molar-refractivity contribution in [3.63, 3.8) is 0 Å². The maximum atomic E-state index is 11.0. The maximum Gasteiger partial charge on any atom is 0.302 e. The monoisotopic (exact) mass is 292 g/mol. The molecule has 1 rings (SSSR count). The van der Waals surface area contributed by atoms with Gasteiger partial charge in [-0.2, -0.15) is 0 Å². The van der Waals surface area contributed by atoms with Gasteiger partial charge in [-0.05, 0) is 24.1 Å². The van der Waals surface area contributed by atoms with Gasteiger partial charge in [0, 0.05) is 39.2 Å². The third-order valence-corrected chi connectivity index (χ3v) is 2.86. The van der Waals surface area contributed by atoms with Crippen molar-refractivity contribution < 1.29 is 14.5 Å². The lowest BCUT2D eigenvalue weighted by molar-refractivity contribution is -0.426. The molecule has 21 heavy (non-hydrogen) atoms. The number of hydrogen-bond donors (Lipinski definition) is 0. The summed E-state index contributed by atoms with van der Waals surface area (Å²) < 4.78 is 4.77. The molecule has 0 saturated carbocycles. The van der Waals surface area contributed by atoms with E-state index in [1.165, 1.54) is 6.92 Å². The first-order valence-corrected chi connectivity index (χ1v) is 6.66. The highest BCUT2D eigenvalue weighted by atomic mass is 16.6. The Balaban J connectivity index is 2.70. The molecule has 0 unspecified atom stereocenters. The summed E-state index contributed by atoms with van der Waals surface area (Å²) in [7, 11) is 3.87. The lowest BCUT2D eigenvalue weighted by Crippen LogP contribution is -2.08. The number of benzene rings is 1. The molecule has 0 N–H and O–H groups in total. The Kier molecular flexibility index (Phi) is 6.39. The lowest BCUT2D eigenvalue weighted by atomic mass is 10.1. The van der Waals surface area contributed by atoms with Crippen LogP contribution in [0.3, 0.4) is 0 Å². The highest BCUT2D eigenvalue weighted by Crippen LogP contribution is 2.16. The first kappa shape index (κ1) is 16.7. The number of esters is 1. The largest absolute Gasteiger partial charge is 0.466 e. The molecule has 0 aliphatic carbocycles. The van der Waals surface area contributed by atoms with Crippen LogP contribution in [-0.2, 0) is 9.53 Å². The van der Waals surface area contributed by atoms with Crippen LogP contribution in [0.1, 0.15) is 25.3 Å². The molecular weight excluding hydrogens is 272 g/mol. The Bertz CT molecular complexity index is 521. The van der Waals surface area contributed by atoms with Crippen molar-refractivity contribution in [2.24, 2.45) is 0 Å². The lowest BCUT2D eigenvalue weighted by Gasteiger charge is -2.11. The Hall–Kier alpha value is -2.37. The normalized spacial score (nSPS) is 11.1. The summed E-state index contributed by atoms with van der Waals surface area (Å²) in [5.41, 5.74) is 1.92. The number of nitro groups is 1. The van der Waals surface area contributed by atoms with Gasteiger partial charge in [-0.25, -0.2) is 0 Å². The van der Waals surface area contributed by atoms with E-state index in [9.17, 15) is 14.9 Å². The zero-order chi connectivity index (χ0) is 15.8. The van der Waals surface area contributed by atoms with Crippen LogP contribution in [0.2, 0.25) is 0 Å². The summed E-state index contributed by atoms with van der Waals surface area (Å²) >= 11 is 0. The average Bonchev–Trinajstić information content (AvgIpc) is 2.42. The van der Waals surface area contributed by atoms with Crippen molar-refractivity contribution in [3.8, 4) is 0 Å². The van der Waals surface area contributed by atoms with Gasteiger partial charge >= 0.3 is 5.97 Å². The van der Waals surface area contributed by atoms with Gasteiger partial charge in [-0.3, -0.25) is 14.9 Å². The number of allylic oxidation sites excluding steroid dienone is 1. The van der Waals surface area contributed by atoms with E-state index in [4.69, 9.17) is 4.74 Å². The molecule has 0 aliphatic rings. The third-order valence-electron chi connectivity index (χ3n) is 2.86. The van der Waals surface area contributed by atoms with Gasteiger partial charge in [0.15, 0.2) is 0 Å². The fourth-order valence-corrected chi connectivity index (χ4v) is 1.75. The number of carbonyl (C=O) groups is 1. The standard InChI is InChI=1S/C15H20N2O4/c1-12(18)21-10-4-5-15(17(19)20)11-13-6-8-14(9-7-13)16(2)3/h6-9,11H,4-5,10H2,1-3H3/b15-11-. The van der Waals surface area contributed by atoms with Gasteiger partial charge in [0.05, 0.1) is 11.5 Å². The van der Waals surface area contributed by atoms with Crippen molar-refractivity contribution in [1.82, 2.24) is 0 Å². The molecule has 0 saturated heterocycles. The molecule has 1 aromatic rings. The molecule has 0 aliphatic heterocycles. The van der Waals surface area contributed by atoms with Gasteiger partial charge < -0.3 is 9.64 Å². The van der Waals surface area contributed by atoms with Crippen LogP contribution in [0.25, 0.3) is 6.08 Å². The average molecular weight is 292 g/mol. The Morgan fingerprint density at radius 3 is 2.43 bits per heavy atom. The highest BCUT2D eigenvalue weighted by molar-refractivity contribution is 5.65. The predicted octanol–water partition coefficient (Wildman–Crippen LogP) is 2.71. The molecule has 0 fully saturated rings. The van der Waals surface area contributed by atoms with Crippen molar-refractivity contribution in [2.75, 3.05) is 25.6 Å². The Morgan fingerprint density at radius 1 is 1.33 bits per heavy atom. The molecule has 0 heterocycles. The van der Waals surface area contributed by atoms with Gasteiger partial charge in [0.2, 0.25) is 5.70 Å². The molecule has 0 amide bonds. The minimum atomic E-state index is -0.395. The zero-order valence-corrected chi connectivity index (χ0v) is 12.5. The number of carbonyl (C=O) groups excluding carboxylic acids is 1. The molecule has 0 atom stereocenters. The fraction of sp³-hybridized carbons (Fsp3) is 0.400. The van der Waals surface area contributed by atoms with Crippen LogP contribution < -0.4 is 4.90 Å². The Morgan fingerprint density at radius 2 is 1.95 bits per heavy atom. The summed E-state index contributed by atoms with van der Waals surface area (Å²) in [4.78, 5) is 23.2. The number of anilines is 1. The van der Waals surface area contributed by atoms with Crippen molar-refractivity contribution >= 4 is 17.7 Å². The second-order valence-electron chi connectivity index (χ2n) is 4.82. The number of hydrogen-bond acceptors (Lipinski definition) is 5. The van der Waals surface area contributed by atoms with Crippen molar-refractivity contribution in [2.45, 2.75) is 19.8 Å². The van der Waals surface area contributed by atoms with Gasteiger partial charge in [0.25, 0.3) is 0 Å². The number of nitrogens with zero attached hydrogens (tertiary/aromatic N) is 2. The van der Waals surface area contributed by atoms with E-state index >= 15 is 0 Å². The minimum Gasteiger partial charge on any atom is -0.466 e. The topological polar surface area (TPSA) is 72.7 Å². The molecule has 0 aromatic heterocycles. The smallest absolute Gasteiger partial charge is 0.302 e. The van der Waals surface area contributed by atoms with Crippen molar-refractivity contribution in [3.05, 3.63) is 45.6 Å². The summed E-state index contributed by atoms with van der Waals surface area (Å²) in [5, 5.41) is 11.0. The molecule has 6 heteroatoms. The zero-order valence-electron chi connectivity index (χ0n) is 12.5. The Labute approximate surface area is 124 Å². The van der Waals surface area contributed by atoms with E-state index in [0.717, 1.165) is 11.3 Å². The molecule has 114 valence electrons. The summed E-state index contributed by atoms with van der Waals surface area (Å²) in [6.45, 7) is 1.51. The highest BCUT2D eigenvalue weighted by Gasteiger charge is 2.11. The fourth-order valence-electron chi connectivity index (χ4n) is 1.75. The van der Waals surface area contributed by atoms with E-state index in [0.29, 0.717) is 6.42 Å². The van der Waals surface area contributed by atoms with Crippen LogP contribution in [0.4, 0.5) is 5.69 Å². The second kappa shape index (κ2) is 8.04. The van der Waals surface area contributed by atoms with E-state index in [-0.39, 0.29) is 24.7 Å². The van der Waals surface area contributed by atoms with Crippen LogP contribution in [-0.4, -0.2) is 31.6 Å². The molecule has 1 aromatic carbocycles. The molecule has 0 bridgehead atoms. The van der Waals surface area contributed by atoms with Crippen LogP contribution in [0, 0.1) is 10.1 Å². The van der Waals surface area contributed by atoms with Crippen LogP contribution in [0.5, 0.6) is 0 Å². The van der Waals surface area contributed by atoms with E-state index < -0.39 is 4.92 Å². The van der Waals surface area contributed by atoms with Gasteiger partial charge in [0.1, 0.15) is 0 Å². The van der Waals surface area contributed by atoms with E-state index in [2.05, 4.69) is 0 Å². The SMILES string of the molecule is CC(=O)OCCC/C(=C/c1ccc(N(C)C)cc1)[N+](=O)[O-]. The molecular formula is C15H20N2O4. The summed E-state index contributed by atoms with van der Waals surface area (Å²) in [6.07, 6.45) is 2.24. The van der Waals surface area contributed by atoms with Crippen molar-refractivity contribution in [1.29, 1.82) is 0 Å². The number of ether oxygens (including phenoxy) is 1. The third kappa shape index (κ3) is 6.07. The van der Waals surface area contributed by atoms with Crippen LogP contribution in [0.15, 0.2) is 30.0 Å². The van der Waals surface area contributed by atoms with Gasteiger partial charge in [-0.1, -0.05) is 12.1 Å². The number of rotatable bonds is 7. The van der Waals surface area contributed by atoms with Gasteiger partial charge in [-0.15, -0.1) is 0 Å². The van der Waals surface area contributed by atoms with E-state index in [1.54, 1.807) is 6.08 Å². The minimum absolute atomic E-state index is 0.111. The second-order valence-corrected chi connectivity index (χ2v) is 4.82. The summed E-state index contributed by atoms with van der Waals surface area (Å²) in [5.74, 6) is -0.374. The first-order chi connectivity index (χ1) is 9.90. The molecule has 0 radical (unpaired) electrons. The van der Waals surface area contributed by atoms with Crippen LogP contribution >= 0.6 is 0 Å². The quantitative estimate of drug-likeness (QED) is 0.334. The maximum absolute atomic E-state index is 11.0. The van der Waals surface area contributed by atoms with E-state index in [1.807, 2.05) is 43.3 Å². The predicted molar refractivity (Wildman–Crippen MR) is 81.6 cm³/mol. The first-order valence-electron chi connectivity index (χ1n) is 6.66. The summed E-state index contributed by atoms with van der Waals surface area (Å²) in [6, 6.07) is 7.49.